The van der Waals surface area contributed by atoms with Gasteiger partial charge in [-0.25, -0.2) is 18.2 Å². The number of halogens is 1. The van der Waals surface area contributed by atoms with Gasteiger partial charge in [0.15, 0.2) is 0 Å². The van der Waals surface area contributed by atoms with Crippen LogP contribution in [-0.4, -0.2) is 26.6 Å². The standard InChI is InChI=1S/C25H32FN3O3S/c1-18-9-15-21(16-10-18)33(31,32)29(23-8-6-5-7-22(23)26)17-24(30)28-27-20-13-11-19(12-14-20)25(2,3)4/h5-10,15-16,19H,11-14,17H2,1-4H3,(H,28,30). The van der Waals surface area contributed by atoms with Crippen LogP contribution in [0.3, 0.4) is 0 Å². The average molecular weight is 474 g/mol. The maximum atomic E-state index is 14.5. The number of anilines is 1. The fourth-order valence-corrected chi connectivity index (χ4v) is 5.46. The van der Waals surface area contributed by atoms with Crippen molar-refractivity contribution in [2.45, 2.75) is 58.3 Å². The van der Waals surface area contributed by atoms with Gasteiger partial charge in [0.2, 0.25) is 0 Å². The van der Waals surface area contributed by atoms with E-state index in [1.165, 1.54) is 36.4 Å². The Balaban J connectivity index is 1.78. The Morgan fingerprint density at radius 2 is 1.70 bits per heavy atom. The summed E-state index contributed by atoms with van der Waals surface area (Å²) < 4.78 is 42.0. The summed E-state index contributed by atoms with van der Waals surface area (Å²) in [6, 6.07) is 11.7. The number of carbonyl (C=O) groups excluding carboxylic acids is 1. The van der Waals surface area contributed by atoms with Gasteiger partial charge in [-0.05, 0) is 68.2 Å². The minimum absolute atomic E-state index is 0.0176. The van der Waals surface area contributed by atoms with E-state index in [9.17, 15) is 17.6 Å². The molecule has 3 rings (SSSR count). The number of benzene rings is 2. The minimum atomic E-state index is -4.17. The molecule has 1 amide bonds. The Bertz CT molecular complexity index is 1110. The Morgan fingerprint density at radius 1 is 1.09 bits per heavy atom. The van der Waals surface area contributed by atoms with E-state index in [4.69, 9.17) is 0 Å². The molecular formula is C25H32FN3O3S. The summed E-state index contributed by atoms with van der Waals surface area (Å²) >= 11 is 0. The molecular weight excluding hydrogens is 441 g/mol. The average Bonchev–Trinajstić information content (AvgIpc) is 2.76. The topological polar surface area (TPSA) is 78.8 Å². The number of nitrogens with one attached hydrogen (secondary N) is 1. The van der Waals surface area contributed by atoms with Gasteiger partial charge >= 0.3 is 0 Å². The molecule has 0 aromatic heterocycles. The summed E-state index contributed by atoms with van der Waals surface area (Å²) in [6.07, 6.45) is 3.59. The predicted molar refractivity (Wildman–Crippen MR) is 129 cm³/mol. The number of sulfonamides is 1. The van der Waals surface area contributed by atoms with Crippen molar-refractivity contribution in [2.75, 3.05) is 10.8 Å². The normalized spacial score (nSPS) is 16.9. The zero-order valence-corrected chi connectivity index (χ0v) is 20.5. The van der Waals surface area contributed by atoms with Crippen molar-refractivity contribution >= 4 is 27.3 Å². The van der Waals surface area contributed by atoms with Crippen molar-refractivity contribution in [3.63, 3.8) is 0 Å². The fraction of sp³-hybridized carbons (Fsp3) is 0.440. The summed E-state index contributed by atoms with van der Waals surface area (Å²) in [5, 5.41) is 4.24. The van der Waals surface area contributed by atoms with Gasteiger partial charge in [0, 0.05) is 5.71 Å². The quantitative estimate of drug-likeness (QED) is 0.597. The lowest BCUT2D eigenvalue weighted by Gasteiger charge is -2.34. The van der Waals surface area contributed by atoms with Crippen LogP contribution < -0.4 is 9.73 Å². The van der Waals surface area contributed by atoms with Crippen molar-refractivity contribution in [1.29, 1.82) is 0 Å². The molecule has 1 aliphatic rings. The first-order valence-corrected chi connectivity index (χ1v) is 12.6. The number of amides is 1. The van der Waals surface area contributed by atoms with Gasteiger partial charge < -0.3 is 0 Å². The van der Waals surface area contributed by atoms with E-state index in [0.29, 0.717) is 5.92 Å². The molecule has 178 valence electrons. The predicted octanol–water partition coefficient (Wildman–Crippen LogP) is 5.04. The Labute approximate surface area is 195 Å². The summed E-state index contributed by atoms with van der Waals surface area (Å²) in [4.78, 5) is 12.7. The van der Waals surface area contributed by atoms with E-state index < -0.39 is 28.3 Å². The second-order valence-corrected chi connectivity index (χ2v) is 11.5. The molecule has 0 atom stereocenters. The monoisotopic (exact) mass is 473 g/mol. The van der Waals surface area contributed by atoms with Crippen LogP contribution >= 0.6 is 0 Å². The molecule has 1 N–H and O–H groups in total. The lowest BCUT2D eigenvalue weighted by atomic mass is 9.72. The molecule has 1 aliphatic carbocycles. The third-order valence-electron chi connectivity index (χ3n) is 6.14. The highest BCUT2D eigenvalue weighted by atomic mass is 32.2. The number of hydrogen-bond acceptors (Lipinski definition) is 4. The van der Waals surface area contributed by atoms with Crippen molar-refractivity contribution in [3.8, 4) is 0 Å². The SMILES string of the molecule is Cc1ccc(S(=O)(=O)N(CC(=O)NN=C2CCC(C(C)(C)C)CC2)c2ccccc2F)cc1. The van der Waals surface area contributed by atoms with Crippen LogP contribution in [0.4, 0.5) is 10.1 Å². The van der Waals surface area contributed by atoms with E-state index in [2.05, 4.69) is 31.3 Å². The molecule has 0 aliphatic heterocycles. The van der Waals surface area contributed by atoms with E-state index in [-0.39, 0.29) is 16.0 Å². The molecule has 33 heavy (non-hydrogen) atoms. The second-order valence-electron chi connectivity index (χ2n) is 9.63. The van der Waals surface area contributed by atoms with Crippen molar-refractivity contribution in [1.82, 2.24) is 5.43 Å². The molecule has 8 heteroatoms. The zero-order valence-electron chi connectivity index (χ0n) is 19.6. The van der Waals surface area contributed by atoms with Gasteiger partial charge in [-0.15, -0.1) is 0 Å². The molecule has 2 aromatic rings. The van der Waals surface area contributed by atoms with E-state index in [1.807, 2.05) is 6.92 Å². The van der Waals surface area contributed by atoms with Gasteiger partial charge in [0.05, 0.1) is 10.6 Å². The molecule has 0 spiro atoms. The van der Waals surface area contributed by atoms with Crippen LogP contribution in [0.2, 0.25) is 0 Å². The van der Waals surface area contributed by atoms with Crippen LogP contribution in [-0.2, 0) is 14.8 Å². The first-order chi connectivity index (χ1) is 15.5. The summed E-state index contributed by atoms with van der Waals surface area (Å²) in [6.45, 7) is 7.94. The molecule has 1 saturated carbocycles. The Hall–Kier alpha value is -2.74. The Kier molecular flexibility index (Phi) is 7.57. The molecule has 0 unspecified atom stereocenters. The molecule has 2 aromatic carbocycles. The number of carbonyl (C=O) groups is 1. The number of para-hydroxylation sites is 1. The highest BCUT2D eigenvalue weighted by Gasteiger charge is 2.30. The van der Waals surface area contributed by atoms with Crippen molar-refractivity contribution < 1.29 is 17.6 Å². The minimum Gasteiger partial charge on any atom is -0.271 e. The van der Waals surface area contributed by atoms with E-state index in [1.54, 1.807) is 12.1 Å². The van der Waals surface area contributed by atoms with Crippen LogP contribution in [0.1, 0.15) is 52.0 Å². The smallest absolute Gasteiger partial charge is 0.264 e. The van der Waals surface area contributed by atoms with Gasteiger partial charge in [-0.1, -0.05) is 50.6 Å². The lowest BCUT2D eigenvalue weighted by molar-refractivity contribution is -0.119. The Morgan fingerprint density at radius 3 is 2.27 bits per heavy atom. The first-order valence-electron chi connectivity index (χ1n) is 11.2. The third-order valence-corrected chi connectivity index (χ3v) is 7.92. The first kappa shape index (κ1) is 24.9. The number of hydrazone groups is 1. The second kappa shape index (κ2) is 10.0. The molecule has 0 bridgehead atoms. The van der Waals surface area contributed by atoms with E-state index in [0.717, 1.165) is 41.3 Å². The van der Waals surface area contributed by atoms with Gasteiger partial charge in [0.1, 0.15) is 12.4 Å². The van der Waals surface area contributed by atoms with Crippen LogP contribution in [0.5, 0.6) is 0 Å². The molecule has 0 radical (unpaired) electrons. The highest BCUT2D eigenvalue weighted by molar-refractivity contribution is 7.92. The van der Waals surface area contributed by atoms with Crippen LogP contribution in [0.25, 0.3) is 0 Å². The number of hydrogen-bond donors (Lipinski definition) is 1. The largest absolute Gasteiger partial charge is 0.271 e. The summed E-state index contributed by atoms with van der Waals surface area (Å²) in [5.74, 6) is -0.754. The fourth-order valence-electron chi connectivity index (χ4n) is 4.03. The zero-order chi connectivity index (χ0) is 24.2. The summed E-state index contributed by atoms with van der Waals surface area (Å²) in [7, 11) is -4.17. The third kappa shape index (κ3) is 6.19. The molecule has 6 nitrogen and oxygen atoms in total. The molecule has 0 heterocycles. The van der Waals surface area contributed by atoms with Crippen molar-refractivity contribution in [3.05, 3.63) is 59.9 Å². The number of rotatable bonds is 6. The van der Waals surface area contributed by atoms with Crippen LogP contribution in [0.15, 0.2) is 58.5 Å². The van der Waals surface area contributed by atoms with Gasteiger partial charge in [0.25, 0.3) is 15.9 Å². The number of aryl methyl sites for hydroxylation is 1. The number of nitrogens with zero attached hydrogens (tertiary/aromatic N) is 2. The summed E-state index contributed by atoms with van der Waals surface area (Å²) in [5.41, 5.74) is 4.31. The molecule has 1 fully saturated rings. The molecule has 0 saturated heterocycles. The van der Waals surface area contributed by atoms with Crippen molar-refractivity contribution in [2.24, 2.45) is 16.4 Å². The maximum absolute atomic E-state index is 14.5. The van der Waals surface area contributed by atoms with Gasteiger partial charge in [-0.3, -0.25) is 9.10 Å². The van der Waals surface area contributed by atoms with Gasteiger partial charge in [-0.2, -0.15) is 5.10 Å². The van der Waals surface area contributed by atoms with E-state index >= 15 is 0 Å². The maximum Gasteiger partial charge on any atom is 0.264 e. The lowest BCUT2D eigenvalue weighted by Crippen LogP contribution is -2.40. The highest BCUT2D eigenvalue weighted by Crippen LogP contribution is 2.36. The van der Waals surface area contributed by atoms with Crippen LogP contribution in [0, 0.1) is 24.1 Å².